The zero-order valence-corrected chi connectivity index (χ0v) is 35.9. The van der Waals surface area contributed by atoms with Crippen LogP contribution >= 0.6 is 0 Å². The number of carbonyl (C=O) groups excluding carboxylic acids is 4. The Morgan fingerprint density at radius 3 is 1.91 bits per heavy atom. The van der Waals surface area contributed by atoms with Gasteiger partial charge in [-0.1, -0.05) is 91.7 Å². The van der Waals surface area contributed by atoms with Gasteiger partial charge in [-0.3, -0.25) is 24.5 Å². The van der Waals surface area contributed by atoms with E-state index < -0.39 is 23.2 Å². The largest absolute Gasteiger partial charge is 0.373 e. The molecule has 2 fully saturated rings. The van der Waals surface area contributed by atoms with E-state index in [0.29, 0.717) is 64.6 Å². The highest BCUT2D eigenvalue weighted by molar-refractivity contribution is 5.99. The van der Waals surface area contributed by atoms with Gasteiger partial charge in [-0.15, -0.1) is 0 Å². The molecule has 2 atom stereocenters. The molecule has 0 aromatic heterocycles. The first-order valence-corrected chi connectivity index (χ1v) is 21.6. The van der Waals surface area contributed by atoms with E-state index in [2.05, 4.69) is 68.1 Å². The summed E-state index contributed by atoms with van der Waals surface area (Å²) in [5.74, 6) is -0.140. The Bertz CT molecular complexity index is 1350. The lowest BCUT2D eigenvalue weighted by Crippen LogP contribution is -2.64. The minimum atomic E-state index is -0.843. The molecule has 10 nitrogen and oxygen atoms in total. The van der Waals surface area contributed by atoms with E-state index in [4.69, 9.17) is 5.73 Å². The molecule has 0 bridgehead atoms. The van der Waals surface area contributed by atoms with Gasteiger partial charge in [0.2, 0.25) is 11.8 Å². The van der Waals surface area contributed by atoms with Crippen molar-refractivity contribution in [1.29, 1.82) is 0 Å². The van der Waals surface area contributed by atoms with Crippen LogP contribution in [0.25, 0.3) is 0 Å². The number of unbranched alkanes of at least 4 members (excludes halogenated alkanes) is 1. The molecule has 3 rings (SSSR count). The molecule has 2 aliphatic rings. The fraction of sp³-hybridized carbons (Fsp3) is 0.778. The summed E-state index contributed by atoms with van der Waals surface area (Å²) in [4.78, 5) is 56.0. The van der Waals surface area contributed by atoms with Crippen molar-refractivity contribution in [2.75, 3.05) is 25.0 Å². The van der Waals surface area contributed by atoms with Crippen LogP contribution in [0.15, 0.2) is 24.3 Å². The second-order valence-electron chi connectivity index (χ2n) is 19.2. The van der Waals surface area contributed by atoms with Crippen molar-refractivity contribution in [3.05, 3.63) is 29.8 Å². The molecule has 1 aromatic rings. The third-order valence-electron chi connectivity index (χ3n) is 11.5. The van der Waals surface area contributed by atoms with Crippen LogP contribution in [0.2, 0.25) is 0 Å². The van der Waals surface area contributed by atoms with E-state index in [9.17, 15) is 14.4 Å². The Hall–Kier alpha value is -2.82. The zero-order valence-electron chi connectivity index (χ0n) is 35.9. The van der Waals surface area contributed by atoms with Crippen molar-refractivity contribution in [2.45, 2.75) is 193 Å². The van der Waals surface area contributed by atoms with Gasteiger partial charge in [-0.2, -0.15) is 0 Å². The van der Waals surface area contributed by atoms with Crippen LogP contribution in [0, 0.1) is 11.3 Å². The van der Waals surface area contributed by atoms with Crippen LogP contribution in [0.4, 0.5) is 5.69 Å². The van der Waals surface area contributed by atoms with Crippen molar-refractivity contribution in [3.8, 4) is 0 Å². The summed E-state index contributed by atoms with van der Waals surface area (Å²) in [5, 5.41) is 17.1. The molecule has 0 saturated heterocycles. The van der Waals surface area contributed by atoms with Crippen molar-refractivity contribution in [3.63, 3.8) is 0 Å². The standard InChI is InChI=1S/C45H78N6O4/c1-33(2)39(51-44(24-15-11-16-25-44)37(52)23-30-48-43(6,7)8)41(55)49-36(18-12-17-29-46)40(54)45(26-13-9-10-14-27-45)50-35-21-19-34(20-22-35)32-38(53)47-31-28-42(3,4)5/h19-22,33,36,39,48,50-51H,9-18,23-32,46H2,1-8H3,(H,47,53)(H,49,55)/t36-,39-/m0/s1. The second kappa shape index (κ2) is 21.6. The highest BCUT2D eigenvalue weighted by atomic mass is 16.2. The Balaban J connectivity index is 1.83. The van der Waals surface area contributed by atoms with E-state index in [1.54, 1.807) is 0 Å². The summed E-state index contributed by atoms with van der Waals surface area (Å²) in [6.45, 7) is 18.6. The van der Waals surface area contributed by atoms with Gasteiger partial charge in [0, 0.05) is 30.7 Å². The van der Waals surface area contributed by atoms with Crippen LogP contribution in [0.5, 0.6) is 0 Å². The first-order chi connectivity index (χ1) is 25.9. The summed E-state index contributed by atoms with van der Waals surface area (Å²) in [5.41, 5.74) is 6.13. The zero-order chi connectivity index (χ0) is 40.7. The molecule has 0 radical (unpaired) electrons. The summed E-state index contributed by atoms with van der Waals surface area (Å²) in [7, 11) is 0. The highest BCUT2D eigenvalue weighted by Gasteiger charge is 2.45. The minimum absolute atomic E-state index is 0.00180. The van der Waals surface area contributed by atoms with Gasteiger partial charge in [-0.05, 0) is 108 Å². The Morgan fingerprint density at radius 2 is 1.36 bits per heavy atom. The molecule has 10 heteroatoms. The Kier molecular flexibility index (Phi) is 18.3. The number of hydrogen-bond acceptors (Lipinski definition) is 8. The molecular formula is C45H78N6O4. The predicted molar refractivity (Wildman–Crippen MR) is 226 cm³/mol. The van der Waals surface area contributed by atoms with Gasteiger partial charge in [0.05, 0.1) is 29.6 Å². The minimum Gasteiger partial charge on any atom is -0.373 e. The Labute approximate surface area is 333 Å². The predicted octanol–water partition coefficient (Wildman–Crippen LogP) is 7.13. The molecule has 1 aromatic carbocycles. The van der Waals surface area contributed by atoms with Gasteiger partial charge in [0.1, 0.15) is 0 Å². The van der Waals surface area contributed by atoms with Crippen LogP contribution < -0.4 is 32.3 Å². The number of anilines is 1. The highest BCUT2D eigenvalue weighted by Crippen LogP contribution is 2.35. The van der Waals surface area contributed by atoms with Gasteiger partial charge >= 0.3 is 0 Å². The van der Waals surface area contributed by atoms with E-state index in [0.717, 1.165) is 75.5 Å². The average molecular weight is 767 g/mol. The van der Waals surface area contributed by atoms with Crippen LogP contribution in [-0.2, 0) is 25.6 Å². The van der Waals surface area contributed by atoms with E-state index in [1.165, 1.54) is 0 Å². The molecule has 2 aliphatic carbocycles. The van der Waals surface area contributed by atoms with Gasteiger partial charge < -0.3 is 27.0 Å². The van der Waals surface area contributed by atoms with Crippen molar-refractivity contribution < 1.29 is 19.2 Å². The number of carbonyl (C=O) groups is 4. The summed E-state index contributed by atoms with van der Waals surface area (Å²) in [6, 6.07) is 6.53. The SMILES string of the molecule is CC(C)[C@H](NC1(C(=O)CCNC(C)(C)C)CCCCC1)C(=O)N[C@@H](CCCCN)C(=O)C1(Nc2ccc(CC(=O)NCCC(C)(C)C)cc2)CCCCCC1. The van der Waals surface area contributed by atoms with Crippen LogP contribution in [0.3, 0.4) is 0 Å². The Morgan fingerprint density at radius 1 is 0.782 bits per heavy atom. The molecule has 7 N–H and O–H groups in total. The van der Waals surface area contributed by atoms with Crippen molar-refractivity contribution in [1.82, 2.24) is 21.3 Å². The fourth-order valence-electron chi connectivity index (χ4n) is 8.21. The molecule has 0 unspecified atom stereocenters. The monoisotopic (exact) mass is 767 g/mol. The number of benzene rings is 1. The van der Waals surface area contributed by atoms with Crippen LogP contribution in [-0.4, -0.2) is 71.7 Å². The lowest BCUT2D eigenvalue weighted by atomic mass is 9.76. The molecule has 2 saturated carbocycles. The van der Waals surface area contributed by atoms with Gasteiger partial charge in [-0.25, -0.2) is 0 Å². The summed E-state index contributed by atoms with van der Waals surface area (Å²) in [6.07, 6.45) is 13.3. The first kappa shape index (κ1) is 46.6. The summed E-state index contributed by atoms with van der Waals surface area (Å²) < 4.78 is 0. The molecule has 0 spiro atoms. The fourth-order valence-corrected chi connectivity index (χ4v) is 8.21. The maximum atomic E-state index is 15.0. The van der Waals surface area contributed by atoms with Gasteiger partial charge in [0.15, 0.2) is 11.6 Å². The lowest BCUT2D eigenvalue weighted by molar-refractivity contribution is -0.134. The van der Waals surface area contributed by atoms with Crippen LogP contribution in [0.1, 0.15) is 164 Å². The van der Waals surface area contributed by atoms with Gasteiger partial charge in [0.25, 0.3) is 0 Å². The van der Waals surface area contributed by atoms with E-state index in [1.807, 2.05) is 38.1 Å². The number of Topliss-reactive ketones (excluding diaryl/α,β-unsaturated/α-hetero) is 2. The topological polar surface area (TPSA) is 154 Å². The number of ketones is 2. The number of nitrogens with two attached hydrogens (primary N) is 1. The number of amides is 2. The second-order valence-corrected chi connectivity index (χ2v) is 19.2. The maximum absolute atomic E-state index is 15.0. The number of nitrogens with one attached hydrogen (secondary N) is 5. The lowest BCUT2D eigenvalue weighted by Gasteiger charge is -2.41. The third-order valence-corrected chi connectivity index (χ3v) is 11.5. The average Bonchev–Trinajstić information content (AvgIpc) is 3.36. The van der Waals surface area contributed by atoms with Crippen molar-refractivity contribution in [2.24, 2.45) is 17.1 Å². The molecular weight excluding hydrogens is 689 g/mol. The summed E-state index contributed by atoms with van der Waals surface area (Å²) >= 11 is 0. The first-order valence-electron chi connectivity index (χ1n) is 21.6. The normalized spacial score (nSPS) is 18.5. The number of hydrogen-bond donors (Lipinski definition) is 6. The molecule has 0 heterocycles. The maximum Gasteiger partial charge on any atom is 0.238 e. The molecule has 2 amide bonds. The van der Waals surface area contributed by atoms with E-state index in [-0.39, 0.29) is 40.3 Å². The van der Waals surface area contributed by atoms with E-state index >= 15 is 4.79 Å². The number of rotatable bonds is 21. The smallest absolute Gasteiger partial charge is 0.238 e. The molecule has 312 valence electrons. The molecule has 55 heavy (non-hydrogen) atoms. The quantitative estimate of drug-likeness (QED) is 0.0571. The van der Waals surface area contributed by atoms with Crippen molar-refractivity contribution >= 4 is 29.1 Å². The third kappa shape index (κ3) is 15.6. The molecule has 0 aliphatic heterocycles.